The maximum atomic E-state index is 13.0. The van der Waals surface area contributed by atoms with Gasteiger partial charge in [0.15, 0.2) is 9.90 Å². The molecule has 0 unspecified atom stereocenters. The summed E-state index contributed by atoms with van der Waals surface area (Å²) in [5.41, 5.74) is 1.04. The van der Waals surface area contributed by atoms with Crippen molar-refractivity contribution in [3.63, 3.8) is 0 Å². The molecule has 0 radical (unpaired) electrons. The molecular weight excluding hydrogens is 307 g/mol. The molecule has 106 valence electrons. The highest BCUT2D eigenvalue weighted by Gasteiger charge is 2.25. The first kappa shape index (κ1) is 14.6. The fourth-order valence-corrected chi connectivity index (χ4v) is 3.66. The van der Waals surface area contributed by atoms with Crippen molar-refractivity contribution in [1.82, 2.24) is 9.71 Å². The number of hydrogen-bond acceptors (Lipinski definition) is 5. The summed E-state index contributed by atoms with van der Waals surface area (Å²) in [4.78, 5) is 14.3. The summed E-state index contributed by atoms with van der Waals surface area (Å²) < 4.78 is 38.8. The van der Waals surface area contributed by atoms with Gasteiger partial charge in [-0.2, -0.15) is 0 Å². The summed E-state index contributed by atoms with van der Waals surface area (Å²) in [7, 11) is -4.00. The number of carboxylic acids is 1. The molecule has 0 aliphatic heterocycles. The maximum absolute atomic E-state index is 13.0. The van der Waals surface area contributed by atoms with Crippen LogP contribution in [0.25, 0.3) is 0 Å². The number of sulfonamides is 1. The van der Waals surface area contributed by atoms with Crippen LogP contribution in [0, 0.1) is 5.82 Å². The highest BCUT2D eigenvalue weighted by molar-refractivity contribution is 7.91. The van der Waals surface area contributed by atoms with Crippen LogP contribution in [0.1, 0.15) is 16.1 Å². The Morgan fingerprint density at radius 1 is 1.45 bits per heavy atom. The van der Waals surface area contributed by atoms with Gasteiger partial charge in [0, 0.05) is 6.54 Å². The average molecular weight is 316 g/mol. The van der Waals surface area contributed by atoms with E-state index in [0.717, 1.165) is 5.51 Å². The molecule has 0 saturated heterocycles. The Bertz CT molecular complexity index is 742. The van der Waals surface area contributed by atoms with Crippen molar-refractivity contribution in [1.29, 1.82) is 0 Å². The number of thiazole rings is 1. The molecule has 0 aliphatic carbocycles. The lowest BCUT2D eigenvalue weighted by atomic mass is 10.2. The molecule has 2 N–H and O–H groups in total. The standard InChI is InChI=1S/C11H9FN2O4S2/c12-8-3-1-2-7(4-8)5-14-20(17,18)11-9(10(15)16)13-6-19-11/h1-4,6,14H,5H2,(H,15,16). The van der Waals surface area contributed by atoms with Gasteiger partial charge in [0.25, 0.3) is 10.0 Å². The predicted molar refractivity (Wildman–Crippen MR) is 69.5 cm³/mol. The van der Waals surface area contributed by atoms with Crippen LogP contribution in [-0.2, 0) is 16.6 Å². The SMILES string of the molecule is O=C(O)c1ncsc1S(=O)(=O)NCc1cccc(F)c1. The van der Waals surface area contributed by atoms with Gasteiger partial charge in [0.05, 0.1) is 5.51 Å². The molecule has 9 heteroatoms. The maximum Gasteiger partial charge on any atom is 0.356 e. The van der Waals surface area contributed by atoms with Crippen LogP contribution in [0.5, 0.6) is 0 Å². The van der Waals surface area contributed by atoms with Crippen LogP contribution in [-0.4, -0.2) is 24.5 Å². The number of carbonyl (C=O) groups is 1. The van der Waals surface area contributed by atoms with Crippen LogP contribution >= 0.6 is 11.3 Å². The molecule has 20 heavy (non-hydrogen) atoms. The van der Waals surface area contributed by atoms with E-state index in [4.69, 9.17) is 5.11 Å². The summed E-state index contributed by atoms with van der Waals surface area (Å²) in [6.45, 7) is -0.142. The number of aromatic nitrogens is 1. The molecule has 0 aliphatic rings. The van der Waals surface area contributed by atoms with E-state index >= 15 is 0 Å². The van der Waals surface area contributed by atoms with E-state index in [-0.39, 0.29) is 10.8 Å². The molecule has 1 heterocycles. The molecular formula is C11H9FN2O4S2. The summed E-state index contributed by atoms with van der Waals surface area (Å²) in [5.74, 6) is -1.90. The minimum Gasteiger partial charge on any atom is -0.476 e. The van der Waals surface area contributed by atoms with Crippen molar-refractivity contribution in [3.8, 4) is 0 Å². The normalized spacial score (nSPS) is 11.4. The highest BCUT2D eigenvalue weighted by Crippen LogP contribution is 2.20. The third-order valence-electron chi connectivity index (χ3n) is 2.34. The second-order valence-electron chi connectivity index (χ2n) is 3.75. The second kappa shape index (κ2) is 5.65. The lowest BCUT2D eigenvalue weighted by Crippen LogP contribution is -2.24. The Labute approximate surface area is 118 Å². The van der Waals surface area contributed by atoms with E-state index in [1.807, 2.05) is 0 Å². The van der Waals surface area contributed by atoms with Crippen LogP contribution in [0.3, 0.4) is 0 Å². The van der Waals surface area contributed by atoms with Gasteiger partial charge in [-0.25, -0.2) is 27.3 Å². The Balaban J connectivity index is 2.19. The average Bonchev–Trinajstić information content (AvgIpc) is 2.87. The van der Waals surface area contributed by atoms with Gasteiger partial charge in [0.1, 0.15) is 5.82 Å². The van der Waals surface area contributed by atoms with Crippen LogP contribution in [0.4, 0.5) is 4.39 Å². The summed E-state index contributed by atoms with van der Waals surface area (Å²) in [5, 5.41) is 8.84. The topological polar surface area (TPSA) is 96.4 Å². The van der Waals surface area contributed by atoms with Gasteiger partial charge in [-0.05, 0) is 17.7 Å². The number of halogens is 1. The quantitative estimate of drug-likeness (QED) is 0.870. The Morgan fingerprint density at radius 3 is 2.85 bits per heavy atom. The number of carboxylic acid groups (broad SMARTS) is 1. The zero-order chi connectivity index (χ0) is 14.8. The zero-order valence-corrected chi connectivity index (χ0v) is 11.5. The number of benzene rings is 1. The first-order valence-electron chi connectivity index (χ1n) is 5.31. The smallest absolute Gasteiger partial charge is 0.356 e. The second-order valence-corrected chi connectivity index (χ2v) is 6.57. The minimum absolute atomic E-state index is 0.142. The number of aromatic carboxylic acids is 1. The van der Waals surface area contributed by atoms with Crippen molar-refractivity contribution < 1.29 is 22.7 Å². The van der Waals surface area contributed by atoms with Crippen molar-refractivity contribution in [2.45, 2.75) is 10.8 Å². The fourth-order valence-electron chi connectivity index (χ4n) is 1.46. The lowest BCUT2D eigenvalue weighted by Gasteiger charge is -2.05. The van der Waals surface area contributed by atoms with Crippen LogP contribution in [0.15, 0.2) is 34.0 Å². The monoisotopic (exact) mass is 316 g/mol. The summed E-state index contributed by atoms with van der Waals surface area (Å²) in [6, 6.07) is 5.43. The molecule has 2 rings (SSSR count). The van der Waals surface area contributed by atoms with Crippen molar-refractivity contribution in [2.24, 2.45) is 0 Å². The summed E-state index contributed by atoms with van der Waals surface area (Å²) in [6.07, 6.45) is 0. The third-order valence-corrected chi connectivity index (χ3v) is 5.11. The van der Waals surface area contributed by atoms with Gasteiger partial charge < -0.3 is 5.11 Å². The van der Waals surface area contributed by atoms with E-state index in [9.17, 15) is 17.6 Å². The van der Waals surface area contributed by atoms with Crippen molar-refractivity contribution in [3.05, 3.63) is 46.9 Å². The molecule has 2 aromatic rings. The van der Waals surface area contributed by atoms with Crippen LogP contribution in [0.2, 0.25) is 0 Å². The third kappa shape index (κ3) is 3.18. The van der Waals surface area contributed by atoms with Crippen molar-refractivity contribution >= 4 is 27.3 Å². The van der Waals surface area contributed by atoms with Gasteiger partial charge in [-0.15, -0.1) is 11.3 Å². The largest absolute Gasteiger partial charge is 0.476 e. The minimum atomic E-state index is -4.00. The molecule has 0 bridgehead atoms. The Hall–Kier alpha value is -1.84. The molecule has 0 fully saturated rings. The predicted octanol–water partition coefficient (Wildman–Crippen LogP) is 1.46. The molecule has 0 amide bonds. The molecule has 0 spiro atoms. The number of rotatable bonds is 5. The van der Waals surface area contributed by atoms with Gasteiger partial charge in [-0.3, -0.25) is 0 Å². The Morgan fingerprint density at radius 2 is 2.20 bits per heavy atom. The Kier molecular flexibility index (Phi) is 4.12. The number of nitrogens with zero attached hydrogens (tertiary/aromatic N) is 1. The molecule has 1 aromatic heterocycles. The molecule has 0 atom stereocenters. The highest BCUT2D eigenvalue weighted by atomic mass is 32.2. The number of hydrogen-bond donors (Lipinski definition) is 2. The molecule has 1 aromatic carbocycles. The first-order valence-corrected chi connectivity index (χ1v) is 7.67. The van der Waals surface area contributed by atoms with E-state index in [0.29, 0.717) is 16.9 Å². The van der Waals surface area contributed by atoms with Gasteiger partial charge in [0.2, 0.25) is 0 Å². The van der Waals surface area contributed by atoms with Gasteiger partial charge >= 0.3 is 5.97 Å². The first-order chi connectivity index (χ1) is 9.40. The van der Waals surface area contributed by atoms with E-state index in [1.54, 1.807) is 6.07 Å². The van der Waals surface area contributed by atoms with E-state index in [1.165, 1.54) is 18.2 Å². The van der Waals surface area contributed by atoms with E-state index < -0.39 is 27.5 Å². The van der Waals surface area contributed by atoms with Crippen LogP contribution < -0.4 is 4.72 Å². The molecule has 6 nitrogen and oxygen atoms in total. The van der Waals surface area contributed by atoms with Crippen molar-refractivity contribution in [2.75, 3.05) is 0 Å². The zero-order valence-electron chi connectivity index (χ0n) is 9.91. The lowest BCUT2D eigenvalue weighted by molar-refractivity contribution is 0.0687. The fraction of sp³-hybridized carbons (Fsp3) is 0.0909. The molecule has 0 saturated carbocycles. The van der Waals surface area contributed by atoms with E-state index in [2.05, 4.69) is 9.71 Å². The summed E-state index contributed by atoms with van der Waals surface area (Å²) >= 11 is 0.707. The number of nitrogens with one attached hydrogen (secondary N) is 1. The van der Waals surface area contributed by atoms with Gasteiger partial charge in [-0.1, -0.05) is 12.1 Å².